The Hall–Kier alpha value is -0.620. The Labute approximate surface area is 71.5 Å². The van der Waals surface area contributed by atoms with Crippen LogP contribution in [0, 0.1) is 0 Å². The van der Waals surface area contributed by atoms with Gasteiger partial charge in [0.2, 0.25) is 0 Å². The molecular formula is C6H12O5S. The van der Waals surface area contributed by atoms with Crippen molar-refractivity contribution in [2.75, 3.05) is 5.75 Å². The molecule has 1 aliphatic heterocycles. The van der Waals surface area contributed by atoms with Gasteiger partial charge in [-0.3, -0.25) is 4.18 Å². The normalized spacial score (nSPS) is 32.4. The summed E-state index contributed by atoms with van der Waals surface area (Å²) in [4.78, 5) is 10.4. The molecule has 1 heterocycles. The van der Waals surface area contributed by atoms with Crippen molar-refractivity contribution in [3.63, 3.8) is 0 Å². The van der Waals surface area contributed by atoms with Gasteiger partial charge in [-0.1, -0.05) is 7.43 Å². The lowest BCUT2D eigenvalue weighted by Crippen LogP contribution is -2.34. The third-order valence-corrected chi connectivity index (χ3v) is 2.92. The van der Waals surface area contributed by atoms with Gasteiger partial charge in [0.25, 0.3) is 10.1 Å². The maximum atomic E-state index is 10.7. The largest absolute Gasteiger partial charge is 0.479 e. The van der Waals surface area contributed by atoms with Crippen molar-refractivity contribution in [2.45, 2.75) is 26.4 Å². The van der Waals surface area contributed by atoms with Gasteiger partial charge in [0.15, 0.2) is 5.60 Å². The molecule has 1 N–H and O–H groups in total. The lowest BCUT2D eigenvalue weighted by molar-refractivity contribution is -0.152. The molecular weight excluding hydrogens is 184 g/mol. The standard InChI is InChI=1S/C5H8O5S.CH4/c1-5(4(6)7)2-3-11(8,9)10-5;/h2-3H2,1H3,(H,6,7);1H4. The second-order valence-electron chi connectivity index (χ2n) is 2.63. The Morgan fingerprint density at radius 3 is 2.25 bits per heavy atom. The molecule has 1 atom stereocenters. The van der Waals surface area contributed by atoms with Gasteiger partial charge < -0.3 is 5.11 Å². The van der Waals surface area contributed by atoms with Gasteiger partial charge in [0, 0.05) is 6.42 Å². The highest BCUT2D eigenvalue weighted by molar-refractivity contribution is 7.87. The van der Waals surface area contributed by atoms with Crippen LogP contribution in [-0.2, 0) is 19.1 Å². The number of carboxylic acid groups (broad SMARTS) is 1. The van der Waals surface area contributed by atoms with Gasteiger partial charge in [-0.15, -0.1) is 0 Å². The van der Waals surface area contributed by atoms with Crippen LogP contribution in [-0.4, -0.2) is 30.8 Å². The maximum Gasteiger partial charge on any atom is 0.337 e. The highest BCUT2D eigenvalue weighted by atomic mass is 32.2. The molecule has 5 nitrogen and oxygen atoms in total. The van der Waals surface area contributed by atoms with Crippen molar-refractivity contribution in [3.8, 4) is 0 Å². The summed E-state index contributed by atoms with van der Waals surface area (Å²) in [6.07, 6.45) is 0.0185. The van der Waals surface area contributed by atoms with Crippen LogP contribution in [0.2, 0.25) is 0 Å². The molecule has 0 spiro atoms. The molecule has 0 bridgehead atoms. The van der Waals surface area contributed by atoms with Gasteiger partial charge >= 0.3 is 5.97 Å². The van der Waals surface area contributed by atoms with Crippen molar-refractivity contribution in [3.05, 3.63) is 0 Å². The van der Waals surface area contributed by atoms with Gasteiger partial charge in [-0.05, 0) is 6.92 Å². The molecule has 0 radical (unpaired) electrons. The highest BCUT2D eigenvalue weighted by Gasteiger charge is 2.45. The van der Waals surface area contributed by atoms with Crippen LogP contribution >= 0.6 is 0 Å². The summed E-state index contributed by atoms with van der Waals surface area (Å²) in [7, 11) is -3.58. The van der Waals surface area contributed by atoms with Crippen molar-refractivity contribution >= 4 is 16.1 Å². The molecule has 72 valence electrons. The van der Waals surface area contributed by atoms with Gasteiger partial charge in [0.05, 0.1) is 5.75 Å². The van der Waals surface area contributed by atoms with E-state index in [1.807, 2.05) is 0 Å². The molecule has 0 saturated carbocycles. The lowest BCUT2D eigenvalue weighted by atomic mass is 10.1. The highest BCUT2D eigenvalue weighted by Crippen LogP contribution is 2.27. The smallest absolute Gasteiger partial charge is 0.337 e. The fraction of sp³-hybridized carbons (Fsp3) is 0.833. The molecule has 1 fully saturated rings. The van der Waals surface area contributed by atoms with E-state index in [4.69, 9.17) is 5.11 Å². The molecule has 0 aromatic rings. The Morgan fingerprint density at radius 1 is 1.58 bits per heavy atom. The zero-order valence-corrected chi connectivity index (χ0v) is 6.72. The predicted octanol–water partition coefficient (Wildman–Crippen LogP) is 0.216. The summed E-state index contributed by atoms with van der Waals surface area (Å²) in [5, 5.41) is 8.52. The van der Waals surface area contributed by atoms with E-state index in [1.165, 1.54) is 6.92 Å². The van der Waals surface area contributed by atoms with Crippen molar-refractivity contribution in [1.29, 1.82) is 0 Å². The van der Waals surface area contributed by atoms with Crippen LogP contribution in [0.15, 0.2) is 0 Å². The SMILES string of the molecule is C.CC1(C(=O)O)CCS(=O)(=O)O1. The second-order valence-corrected chi connectivity index (χ2v) is 4.32. The van der Waals surface area contributed by atoms with Crippen LogP contribution in [0.4, 0.5) is 0 Å². The Bertz CT molecular complexity index is 280. The molecule has 1 aliphatic rings. The van der Waals surface area contributed by atoms with Crippen LogP contribution < -0.4 is 0 Å². The van der Waals surface area contributed by atoms with E-state index in [1.54, 1.807) is 0 Å². The van der Waals surface area contributed by atoms with E-state index in [2.05, 4.69) is 4.18 Å². The summed E-state index contributed by atoms with van der Waals surface area (Å²) in [6, 6.07) is 0. The van der Waals surface area contributed by atoms with Gasteiger partial charge in [0.1, 0.15) is 0 Å². The van der Waals surface area contributed by atoms with E-state index < -0.39 is 21.7 Å². The zero-order chi connectivity index (χ0) is 8.70. The molecule has 0 aromatic heterocycles. The number of hydrogen-bond acceptors (Lipinski definition) is 4. The van der Waals surface area contributed by atoms with E-state index in [0.717, 1.165) is 0 Å². The Morgan fingerprint density at radius 2 is 2.08 bits per heavy atom. The number of aliphatic carboxylic acids is 1. The molecule has 6 heteroatoms. The first kappa shape index (κ1) is 11.4. The summed E-state index contributed by atoms with van der Waals surface area (Å²) in [5.41, 5.74) is -1.54. The van der Waals surface area contributed by atoms with E-state index in [9.17, 15) is 13.2 Å². The van der Waals surface area contributed by atoms with Gasteiger partial charge in [-0.25, -0.2) is 4.79 Å². The van der Waals surface area contributed by atoms with Crippen molar-refractivity contribution < 1.29 is 22.5 Å². The third-order valence-electron chi connectivity index (χ3n) is 1.59. The number of rotatable bonds is 1. The number of carboxylic acids is 1. The number of hydrogen-bond donors (Lipinski definition) is 1. The fourth-order valence-corrected chi connectivity index (χ4v) is 2.26. The summed E-state index contributed by atoms with van der Waals surface area (Å²) in [6.45, 7) is 1.25. The van der Waals surface area contributed by atoms with Crippen LogP contribution in [0.25, 0.3) is 0 Å². The fourth-order valence-electron chi connectivity index (χ4n) is 0.826. The third kappa shape index (κ3) is 1.95. The number of carbonyl (C=O) groups is 1. The van der Waals surface area contributed by atoms with E-state index >= 15 is 0 Å². The van der Waals surface area contributed by atoms with Crippen molar-refractivity contribution in [1.82, 2.24) is 0 Å². The monoisotopic (exact) mass is 196 g/mol. The lowest BCUT2D eigenvalue weighted by Gasteiger charge is -2.13. The van der Waals surface area contributed by atoms with E-state index in [0.29, 0.717) is 0 Å². The van der Waals surface area contributed by atoms with Crippen molar-refractivity contribution in [2.24, 2.45) is 0 Å². The predicted molar refractivity (Wildman–Crippen MR) is 42.3 cm³/mol. The minimum Gasteiger partial charge on any atom is -0.479 e. The quantitative estimate of drug-likeness (QED) is 0.606. The average Bonchev–Trinajstić information content (AvgIpc) is 2.08. The van der Waals surface area contributed by atoms with Crippen LogP contribution in [0.3, 0.4) is 0 Å². The average molecular weight is 196 g/mol. The zero-order valence-electron chi connectivity index (χ0n) is 5.90. The Balaban J connectivity index is 0.00000121. The minimum absolute atomic E-state index is 0. The summed E-state index contributed by atoms with van der Waals surface area (Å²) >= 11 is 0. The first-order chi connectivity index (χ1) is 4.86. The second kappa shape index (κ2) is 3.02. The summed E-state index contributed by atoms with van der Waals surface area (Å²) < 4.78 is 25.7. The molecule has 0 aliphatic carbocycles. The molecule has 1 saturated heterocycles. The maximum absolute atomic E-state index is 10.7. The minimum atomic E-state index is -3.58. The topological polar surface area (TPSA) is 80.7 Å². The molecule has 0 amide bonds. The first-order valence-corrected chi connectivity index (χ1v) is 4.60. The van der Waals surface area contributed by atoms with E-state index in [-0.39, 0.29) is 19.6 Å². The Kier molecular flexibility index (Phi) is 2.87. The van der Waals surface area contributed by atoms with Crippen LogP contribution in [0.5, 0.6) is 0 Å². The molecule has 1 rings (SSSR count). The first-order valence-electron chi connectivity index (χ1n) is 3.02. The molecule has 1 unspecified atom stereocenters. The van der Waals surface area contributed by atoms with Crippen LogP contribution in [0.1, 0.15) is 20.8 Å². The molecule has 0 aromatic carbocycles. The van der Waals surface area contributed by atoms with Gasteiger partial charge in [-0.2, -0.15) is 8.42 Å². The molecule has 12 heavy (non-hydrogen) atoms. The summed E-state index contributed by atoms with van der Waals surface area (Å²) in [5.74, 6) is -1.45.